The summed E-state index contributed by atoms with van der Waals surface area (Å²) in [4.78, 5) is 33.9. The molecule has 0 fully saturated rings. The first kappa shape index (κ1) is 22.6. The van der Waals surface area contributed by atoms with Crippen LogP contribution in [-0.2, 0) is 19.6 Å². The molecule has 2 N–H and O–H groups in total. The average Bonchev–Trinajstić information content (AvgIpc) is 2.76. The van der Waals surface area contributed by atoms with Crippen LogP contribution in [0.3, 0.4) is 0 Å². The van der Waals surface area contributed by atoms with Crippen LogP contribution < -0.4 is 4.72 Å². The maximum atomic E-state index is 12.6. The molecule has 0 radical (unpaired) electrons. The Morgan fingerprint density at radius 2 is 1.69 bits per heavy atom. The van der Waals surface area contributed by atoms with Gasteiger partial charge < -0.3 is 5.11 Å². The minimum atomic E-state index is -4.27. The lowest BCUT2D eigenvalue weighted by atomic mass is 10.0. The van der Waals surface area contributed by atoms with Gasteiger partial charge in [-0.25, -0.2) is 13.1 Å². The minimum absolute atomic E-state index is 0.0937. The largest absolute Gasteiger partial charge is 0.481 e. The predicted molar refractivity (Wildman–Crippen MR) is 117 cm³/mol. The number of non-ortho nitro benzene ring substituents is 1. The summed E-state index contributed by atoms with van der Waals surface area (Å²) in [6.07, 6.45) is 2.61. The first-order chi connectivity index (χ1) is 15.2. The van der Waals surface area contributed by atoms with Gasteiger partial charge >= 0.3 is 5.97 Å². The number of carboxylic acid groups (broad SMARTS) is 1. The topological polar surface area (TPSA) is 144 Å². The number of hydrogen-bond acceptors (Lipinski definition) is 6. The summed E-state index contributed by atoms with van der Waals surface area (Å²) in [6.45, 7) is 0. The van der Waals surface area contributed by atoms with E-state index >= 15 is 0 Å². The van der Waals surface area contributed by atoms with Crippen LogP contribution >= 0.6 is 0 Å². The van der Waals surface area contributed by atoms with E-state index in [4.69, 9.17) is 0 Å². The molecule has 0 spiro atoms. The van der Waals surface area contributed by atoms with Crippen molar-refractivity contribution >= 4 is 44.4 Å². The number of carboxylic acids is 1. The van der Waals surface area contributed by atoms with Crippen LogP contribution in [0.25, 0.3) is 16.8 Å². The molecule has 0 aliphatic heterocycles. The molecule has 3 aromatic carbocycles. The minimum Gasteiger partial charge on any atom is -0.481 e. The van der Waals surface area contributed by atoms with Gasteiger partial charge in [-0.05, 0) is 47.0 Å². The Morgan fingerprint density at radius 3 is 2.31 bits per heavy atom. The summed E-state index contributed by atoms with van der Waals surface area (Å²) in [5.74, 6) is -4.29. The van der Waals surface area contributed by atoms with Crippen molar-refractivity contribution in [3.8, 4) is 0 Å². The molecular formula is C22H18N2O7S. The summed E-state index contributed by atoms with van der Waals surface area (Å²) < 4.78 is 27.0. The second-order valence-corrected chi connectivity index (χ2v) is 8.54. The maximum Gasteiger partial charge on any atom is 0.316 e. The second kappa shape index (κ2) is 9.40. The number of nitro groups is 1. The molecule has 0 bridgehead atoms. The molecule has 1 atom stereocenters. The molecule has 32 heavy (non-hydrogen) atoms. The van der Waals surface area contributed by atoms with Gasteiger partial charge in [0.05, 0.1) is 9.82 Å². The van der Waals surface area contributed by atoms with Crippen LogP contribution in [0.15, 0.2) is 77.7 Å². The Bertz CT molecular complexity index is 1320. The van der Waals surface area contributed by atoms with Gasteiger partial charge in [-0.15, -0.1) is 0 Å². The Kier molecular flexibility index (Phi) is 6.64. The molecule has 0 saturated heterocycles. The third-order valence-corrected chi connectivity index (χ3v) is 6.01. The van der Waals surface area contributed by atoms with Crippen molar-refractivity contribution in [2.75, 3.05) is 0 Å². The van der Waals surface area contributed by atoms with Crippen molar-refractivity contribution in [1.29, 1.82) is 0 Å². The molecule has 3 rings (SSSR count). The molecule has 10 heteroatoms. The van der Waals surface area contributed by atoms with Gasteiger partial charge in [0.15, 0.2) is 0 Å². The highest BCUT2D eigenvalue weighted by Crippen LogP contribution is 2.20. The molecule has 3 aromatic rings. The second-order valence-electron chi connectivity index (χ2n) is 6.86. The molecule has 0 saturated carbocycles. The third kappa shape index (κ3) is 5.35. The highest BCUT2D eigenvalue weighted by Gasteiger charge is 2.29. The first-order valence-corrected chi connectivity index (χ1v) is 10.8. The van der Waals surface area contributed by atoms with Gasteiger partial charge in [0.2, 0.25) is 5.91 Å². The monoisotopic (exact) mass is 454 g/mol. The number of rotatable bonds is 8. The molecule has 1 amide bonds. The number of fused-ring (bicyclic) bond motifs is 1. The molecule has 9 nitrogen and oxygen atoms in total. The van der Waals surface area contributed by atoms with Gasteiger partial charge in [0, 0.05) is 12.1 Å². The zero-order valence-electron chi connectivity index (χ0n) is 16.5. The number of nitro benzene ring substituents is 1. The molecule has 0 heterocycles. The molecule has 1 unspecified atom stereocenters. The standard InChI is InChI=1S/C22H18N2O7S/c25-21(23-32(30,31)19-13-10-16-5-1-2-6-17(16)14-19)20(22(26)27)7-3-4-15-8-11-18(12-9-15)24(28)29/h1-6,8-14,20H,7H2,(H,23,25)(H,26,27). The van der Waals surface area contributed by atoms with Crippen molar-refractivity contribution in [2.24, 2.45) is 5.92 Å². The van der Waals surface area contributed by atoms with Crippen LogP contribution in [0.1, 0.15) is 12.0 Å². The van der Waals surface area contributed by atoms with Crippen LogP contribution in [0.2, 0.25) is 0 Å². The van der Waals surface area contributed by atoms with E-state index in [9.17, 15) is 33.2 Å². The van der Waals surface area contributed by atoms with Crippen LogP contribution in [0.4, 0.5) is 5.69 Å². The molecule has 164 valence electrons. The Labute approximate surface area is 183 Å². The number of nitrogens with zero attached hydrogens (tertiary/aromatic N) is 1. The number of sulfonamides is 1. The Balaban J connectivity index is 1.72. The summed E-state index contributed by atoms with van der Waals surface area (Å²) in [7, 11) is -4.27. The van der Waals surface area contributed by atoms with Crippen LogP contribution in [0, 0.1) is 16.0 Å². The van der Waals surface area contributed by atoms with Gasteiger partial charge in [0.25, 0.3) is 15.7 Å². The van der Waals surface area contributed by atoms with Crippen LogP contribution in [-0.4, -0.2) is 30.3 Å². The SMILES string of the molecule is O=C(O)C(CC=Cc1ccc([N+](=O)[O-])cc1)C(=O)NS(=O)(=O)c1ccc2ccccc2c1. The van der Waals surface area contributed by atoms with E-state index in [1.165, 1.54) is 48.6 Å². The van der Waals surface area contributed by atoms with E-state index in [1.54, 1.807) is 24.3 Å². The van der Waals surface area contributed by atoms with E-state index in [-0.39, 0.29) is 17.0 Å². The molecule has 0 aliphatic rings. The number of aliphatic carboxylic acids is 1. The Hall–Kier alpha value is -4.05. The van der Waals surface area contributed by atoms with Crippen molar-refractivity contribution in [3.63, 3.8) is 0 Å². The van der Waals surface area contributed by atoms with E-state index in [0.717, 1.165) is 5.39 Å². The highest BCUT2D eigenvalue weighted by atomic mass is 32.2. The van der Waals surface area contributed by atoms with Crippen molar-refractivity contribution < 1.29 is 28.0 Å². The molecule has 0 aliphatic carbocycles. The number of nitrogens with one attached hydrogen (secondary N) is 1. The number of benzene rings is 3. The van der Waals surface area contributed by atoms with Crippen molar-refractivity contribution in [2.45, 2.75) is 11.3 Å². The predicted octanol–water partition coefficient (Wildman–Crippen LogP) is 3.36. The quantitative estimate of drug-likeness (QED) is 0.302. The number of amides is 1. The summed E-state index contributed by atoms with van der Waals surface area (Å²) in [5, 5.41) is 21.5. The average molecular weight is 454 g/mol. The normalized spacial score (nSPS) is 12.5. The van der Waals surface area contributed by atoms with E-state index < -0.39 is 32.7 Å². The zero-order chi connectivity index (χ0) is 23.3. The smallest absolute Gasteiger partial charge is 0.316 e. The summed E-state index contributed by atoms with van der Waals surface area (Å²) >= 11 is 0. The van der Waals surface area contributed by atoms with Crippen LogP contribution in [0.5, 0.6) is 0 Å². The van der Waals surface area contributed by atoms with Crippen molar-refractivity contribution in [3.05, 3.63) is 88.5 Å². The number of carbonyl (C=O) groups excluding carboxylic acids is 1. The fourth-order valence-electron chi connectivity index (χ4n) is 2.96. The zero-order valence-corrected chi connectivity index (χ0v) is 17.4. The number of hydrogen-bond donors (Lipinski definition) is 2. The third-order valence-electron chi connectivity index (χ3n) is 4.67. The summed E-state index contributed by atoms with van der Waals surface area (Å²) in [6, 6.07) is 16.9. The lowest BCUT2D eigenvalue weighted by Crippen LogP contribution is -2.38. The molecular weight excluding hydrogens is 436 g/mol. The lowest BCUT2D eigenvalue weighted by Gasteiger charge is -2.12. The molecule has 0 aromatic heterocycles. The van der Waals surface area contributed by atoms with Crippen molar-refractivity contribution in [1.82, 2.24) is 4.72 Å². The maximum absolute atomic E-state index is 12.6. The number of carbonyl (C=O) groups is 2. The fourth-order valence-corrected chi connectivity index (χ4v) is 4.02. The van der Waals surface area contributed by atoms with E-state index in [0.29, 0.717) is 10.9 Å². The van der Waals surface area contributed by atoms with E-state index in [2.05, 4.69) is 0 Å². The Morgan fingerprint density at radius 1 is 1.03 bits per heavy atom. The van der Waals surface area contributed by atoms with Gasteiger partial charge in [-0.2, -0.15) is 0 Å². The first-order valence-electron chi connectivity index (χ1n) is 9.36. The highest BCUT2D eigenvalue weighted by molar-refractivity contribution is 7.90. The summed E-state index contributed by atoms with van der Waals surface area (Å²) in [5.41, 5.74) is 0.466. The van der Waals surface area contributed by atoms with Gasteiger partial charge in [-0.1, -0.05) is 42.5 Å². The van der Waals surface area contributed by atoms with E-state index in [1.807, 2.05) is 10.8 Å². The fraction of sp³-hybridized carbons (Fsp3) is 0.0909. The number of allylic oxidation sites excluding steroid dienone is 1. The lowest BCUT2D eigenvalue weighted by molar-refractivity contribution is -0.384. The van der Waals surface area contributed by atoms with Gasteiger partial charge in [0.1, 0.15) is 5.92 Å². The van der Waals surface area contributed by atoms with Gasteiger partial charge in [-0.3, -0.25) is 19.7 Å².